The minimum Gasteiger partial charge on any atom is -0.379 e. The standard InChI is InChI=1S/C10H14F8O3/c1-2-3-4-20-5-6-21-10(17,18)8(13,14)7(11,12)9(15,16)19/h19H,2-6H2,1H3. The van der Waals surface area contributed by atoms with Gasteiger partial charge in [0.05, 0.1) is 13.2 Å². The predicted octanol–water partition coefficient (Wildman–Crippen LogP) is 3.27. The molecule has 0 bridgehead atoms. The zero-order chi connectivity index (χ0) is 16.9. The summed E-state index contributed by atoms with van der Waals surface area (Å²) in [6.45, 7) is 0.0462. The predicted molar refractivity (Wildman–Crippen MR) is 53.7 cm³/mol. The third-order valence-corrected chi connectivity index (χ3v) is 2.29. The highest BCUT2D eigenvalue weighted by atomic mass is 19.4. The summed E-state index contributed by atoms with van der Waals surface area (Å²) in [6, 6.07) is 0. The van der Waals surface area contributed by atoms with Crippen LogP contribution in [0, 0.1) is 0 Å². The van der Waals surface area contributed by atoms with E-state index in [1.807, 2.05) is 0 Å². The maximum Gasteiger partial charge on any atom is 0.426 e. The van der Waals surface area contributed by atoms with Crippen LogP contribution in [0.1, 0.15) is 19.8 Å². The summed E-state index contributed by atoms with van der Waals surface area (Å²) in [5, 5.41) is 7.64. The number of unbranched alkanes of at least 4 members (excludes halogenated alkanes) is 1. The smallest absolute Gasteiger partial charge is 0.379 e. The zero-order valence-corrected chi connectivity index (χ0v) is 10.8. The van der Waals surface area contributed by atoms with Crippen molar-refractivity contribution < 1.29 is 49.7 Å². The Morgan fingerprint density at radius 2 is 1.33 bits per heavy atom. The second kappa shape index (κ2) is 7.05. The average Bonchev–Trinajstić information content (AvgIpc) is 2.31. The van der Waals surface area contributed by atoms with E-state index in [0.29, 0.717) is 12.8 Å². The molecule has 0 radical (unpaired) electrons. The fraction of sp³-hybridized carbons (Fsp3) is 1.00. The summed E-state index contributed by atoms with van der Waals surface area (Å²) in [4.78, 5) is 0. The van der Waals surface area contributed by atoms with Gasteiger partial charge in [-0.15, -0.1) is 0 Å². The Hall–Kier alpha value is -0.680. The summed E-state index contributed by atoms with van der Waals surface area (Å²) in [7, 11) is 0. The summed E-state index contributed by atoms with van der Waals surface area (Å²) in [6.07, 6.45) is -11.0. The maximum absolute atomic E-state index is 12.9. The average molecular weight is 334 g/mol. The van der Waals surface area contributed by atoms with E-state index in [4.69, 9.17) is 5.11 Å². The molecule has 0 spiro atoms. The van der Waals surface area contributed by atoms with Crippen molar-refractivity contribution in [1.29, 1.82) is 0 Å². The van der Waals surface area contributed by atoms with Gasteiger partial charge in [0.25, 0.3) is 0 Å². The van der Waals surface area contributed by atoms with Crippen LogP contribution in [0.5, 0.6) is 0 Å². The van der Waals surface area contributed by atoms with Gasteiger partial charge < -0.3 is 14.6 Å². The van der Waals surface area contributed by atoms with Crippen molar-refractivity contribution >= 4 is 0 Å². The summed E-state index contributed by atoms with van der Waals surface area (Å²) in [5.74, 6) is -13.3. The number of aliphatic hydroxyl groups is 1. The van der Waals surface area contributed by atoms with Crippen molar-refractivity contribution in [1.82, 2.24) is 0 Å². The topological polar surface area (TPSA) is 38.7 Å². The third-order valence-electron chi connectivity index (χ3n) is 2.29. The van der Waals surface area contributed by atoms with E-state index in [-0.39, 0.29) is 6.61 Å². The van der Waals surface area contributed by atoms with Crippen molar-refractivity contribution in [2.75, 3.05) is 19.8 Å². The van der Waals surface area contributed by atoms with Gasteiger partial charge in [-0.3, -0.25) is 0 Å². The van der Waals surface area contributed by atoms with Crippen molar-refractivity contribution in [2.45, 2.75) is 43.8 Å². The van der Waals surface area contributed by atoms with Crippen LogP contribution < -0.4 is 0 Å². The molecule has 0 aliphatic rings. The second-order valence-corrected chi connectivity index (χ2v) is 4.02. The Balaban J connectivity index is 4.66. The van der Waals surface area contributed by atoms with Crippen molar-refractivity contribution in [3.05, 3.63) is 0 Å². The minimum atomic E-state index is -6.72. The molecule has 0 unspecified atom stereocenters. The number of hydrogen-bond donors (Lipinski definition) is 1. The first kappa shape index (κ1) is 20.3. The van der Waals surface area contributed by atoms with Crippen LogP contribution in [0.25, 0.3) is 0 Å². The fourth-order valence-corrected chi connectivity index (χ4v) is 1.04. The second-order valence-electron chi connectivity index (χ2n) is 4.02. The molecule has 0 amide bonds. The van der Waals surface area contributed by atoms with Gasteiger partial charge in [0.1, 0.15) is 0 Å². The lowest BCUT2D eigenvalue weighted by Crippen LogP contribution is -2.63. The summed E-state index contributed by atoms with van der Waals surface area (Å²) in [5.41, 5.74) is 0. The molecule has 0 aromatic rings. The highest BCUT2D eigenvalue weighted by molar-refractivity contribution is 4.96. The van der Waals surface area contributed by atoms with Gasteiger partial charge in [0.15, 0.2) is 0 Å². The van der Waals surface area contributed by atoms with Crippen LogP contribution in [0.15, 0.2) is 0 Å². The third kappa shape index (κ3) is 4.65. The van der Waals surface area contributed by atoms with Crippen LogP contribution >= 0.6 is 0 Å². The molecule has 128 valence electrons. The first-order valence-electron chi connectivity index (χ1n) is 5.76. The highest BCUT2D eigenvalue weighted by Crippen LogP contribution is 2.51. The van der Waals surface area contributed by atoms with E-state index < -0.39 is 37.3 Å². The molecule has 0 heterocycles. The molecule has 0 aliphatic heterocycles. The molecule has 0 saturated carbocycles. The van der Waals surface area contributed by atoms with E-state index in [9.17, 15) is 35.1 Å². The molecule has 1 N–H and O–H groups in total. The van der Waals surface area contributed by atoms with Gasteiger partial charge in [0, 0.05) is 6.61 Å². The maximum atomic E-state index is 12.9. The quantitative estimate of drug-likeness (QED) is 0.492. The number of alkyl halides is 8. The van der Waals surface area contributed by atoms with Gasteiger partial charge in [-0.1, -0.05) is 13.3 Å². The zero-order valence-electron chi connectivity index (χ0n) is 10.8. The SMILES string of the molecule is CCCCOCCOC(F)(F)C(F)(F)C(F)(F)C(O)(F)F. The molecule has 11 heteroatoms. The lowest BCUT2D eigenvalue weighted by atomic mass is 10.1. The molecule has 21 heavy (non-hydrogen) atoms. The van der Waals surface area contributed by atoms with Crippen molar-refractivity contribution in [2.24, 2.45) is 0 Å². The van der Waals surface area contributed by atoms with E-state index in [1.54, 1.807) is 6.92 Å². The number of hydrogen-bond acceptors (Lipinski definition) is 3. The van der Waals surface area contributed by atoms with Gasteiger partial charge >= 0.3 is 24.1 Å². The van der Waals surface area contributed by atoms with Gasteiger partial charge in [-0.2, -0.15) is 35.1 Å². The molecule has 0 atom stereocenters. The van der Waals surface area contributed by atoms with Crippen molar-refractivity contribution in [3.8, 4) is 0 Å². The molecule has 3 nitrogen and oxygen atoms in total. The number of halogens is 8. The Morgan fingerprint density at radius 3 is 1.76 bits per heavy atom. The highest BCUT2D eigenvalue weighted by Gasteiger charge is 2.81. The lowest BCUT2D eigenvalue weighted by Gasteiger charge is -2.33. The molecule has 0 rings (SSSR count). The molecular formula is C10H14F8O3. The largest absolute Gasteiger partial charge is 0.426 e. The van der Waals surface area contributed by atoms with Gasteiger partial charge in [-0.25, -0.2) is 0 Å². The van der Waals surface area contributed by atoms with E-state index in [1.165, 1.54) is 0 Å². The molecule has 0 aromatic carbocycles. The van der Waals surface area contributed by atoms with Crippen LogP contribution in [0.2, 0.25) is 0 Å². The molecule has 0 aromatic heterocycles. The number of rotatable bonds is 10. The monoisotopic (exact) mass is 334 g/mol. The Kier molecular flexibility index (Phi) is 6.83. The van der Waals surface area contributed by atoms with Crippen LogP contribution in [0.3, 0.4) is 0 Å². The van der Waals surface area contributed by atoms with E-state index in [0.717, 1.165) is 0 Å². The Morgan fingerprint density at radius 1 is 0.810 bits per heavy atom. The lowest BCUT2D eigenvalue weighted by molar-refractivity contribution is -0.456. The van der Waals surface area contributed by atoms with Crippen LogP contribution in [-0.4, -0.2) is 49.0 Å². The van der Waals surface area contributed by atoms with E-state index in [2.05, 4.69) is 9.47 Å². The molecule has 0 fully saturated rings. The van der Waals surface area contributed by atoms with Gasteiger partial charge in [0.2, 0.25) is 0 Å². The van der Waals surface area contributed by atoms with E-state index >= 15 is 0 Å². The Bertz CT molecular complexity index is 316. The minimum absolute atomic E-state index is 0.104. The number of ether oxygens (including phenoxy) is 2. The first-order chi connectivity index (χ1) is 9.31. The van der Waals surface area contributed by atoms with Gasteiger partial charge in [-0.05, 0) is 6.42 Å². The summed E-state index contributed by atoms with van der Waals surface area (Å²) >= 11 is 0. The summed E-state index contributed by atoms with van der Waals surface area (Å²) < 4.78 is 108. The normalized spacial score (nSPS) is 14.6. The van der Waals surface area contributed by atoms with Crippen LogP contribution in [-0.2, 0) is 9.47 Å². The van der Waals surface area contributed by atoms with Crippen molar-refractivity contribution in [3.63, 3.8) is 0 Å². The fourth-order valence-electron chi connectivity index (χ4n) is 1.04. The first-order valence-corrected chi connectivity index (χ1v) is 5.76. The molecular weight excluding hydrogens is 320 g/mol. The molecule has 0 saturated heterocycles. The van der Waals surface area contributed by atoms with Crippen LogP contribution in [0.4, 0.5) is 35.1 Å². The Labute approximate surface area is 114 Å². The molecule has 0 aliphatic carbocycles.